The number of benzene rings is 1. The molecule has 2 nitrogen and oxygen atoms in total. The Bertz CT molecular complexity index is 388. The molecule has 18 heavy (non-hydrogen) atoms. The monoisotopic (exact) mass is 266 g/mol. The largest absolute Gasteiger partial charge is 0.373 e. The van der Waals surface area contributed by atoms with E-state index in [1.54, 1.807) is 0 Å². The zero-order valence-electron chi connectivity index (χ0n) is 11.4. The molecule has 0 saturated heterocycles. The summed E-state index contributed by atoms with van der Waals surface area (Å²) in [6.07, 6.45) is 5.06. The van der Waals surface area contributed by atoms with Gasteiger partial charge in [0, 0.05) is 26.2 Å². The predicted octanol–water partition coefficient (Wildman–Crippen LogP) is 3.83. The highest BCUT2D eigenvalue weighted by Gasteiger charge is 2.21. The van der Waals surface area contributed by atoms with Gasteiger partial charge in [0.05, 0.1) is 10.7 Å². The molecule has 0 amide bonds. The summed E-state index contributed by atoms with van der Waals surface area (Å²) >= 11 is 6.36. The molecule has 1 aliphatic rings. The first-order valence-corrected chi connectivity index (χ1v) is 7.32. The van der Waals surface area contributed by atoms with Gasteiger partial charge in [-0.3, -0.25) is 0 Å². The Kier molecular flexibility index (Phi) is 4.90. The van der Waals surface area contributed by atoms with E-state index < -0.39 is 0 Å². The van der Waals surface area contributed by atoms with Crippen LogP contribution in [0.25, 0.3) is 0 Å². The van der Waals surface area contributed by atoms with Crippen molar-refractivity contribution in [2.24, 2.45) is 0 Å². The molecular weight excluding hydrogens is 244 g/mol. The number of unbranched alkanes of at least 4 members (excludes halogenated alkanes) is 1. The molecule has 0 heterocycles. The van der Waals surface area contributed by atoms with E-state index in [2.05, 4.69) is 30.3 Å². The van der Waals surface area contributed by atoms with Crippen molar-refractivity contribution in [3.8, 4) is 0 Å². The van der Waals surface area contributed by atoms with E-state index >= 15 is 0 Å². The maximum atomic E-state index is 6.36. The lowest BCUT2D eigenvalue weighted by Gasteiger charge is -2.24. The molecule has 1 N–H and O–H groups in total. The van der Waals surface area contributed by atoms with Gasteiger partial charge in [-0.25, -0.2) is 0 Å². The Morgan fingerprint density at radius 1 is 1.39 bits per heavy atom. The first-order chi connectivity index (χ1) is 8.72. The first-order valence-electron chi connectivity index (χ1n) is 6.94. The fraction of sp³-hybridized carbons (Fsp3) is 0.600. The van der Waals surface area contributed by atoms with Crippen molar-refractivity contribution in [2.45, 2.75) is 45.2 Å². The average Bonchev–Trinajstić information content (AvgIpc) is 3.17. The van der Waals surface area contributed by atoms with Crippen LogP contribution in [-0.4, -0.2) is 19.6 Å². The normalized spacial score (nSPS) is 14.8. The predicted molar refractivity (Wildman–Crippen MR) is 79.5 cm³/mol. The van der Waals surface area contributed by atoms with Gasteiger partial charge in [-0.15, -0.1) is 0 Å². The first kappa shape index (κ1) is 13.7. The van der Waals surface area contributed by atoms with Gasteiger partial charge < -0.3 is 10.2 Å². The number of nitrogens with one attached hydrogen (secondary N) is 1. The minimum atomic E-state index is 0.734. The highest BCUT2D eigenvalue weighted by Crippen LogP contribution is 2.30. The lowest BCUT2D eigenvalue weighted by Crippen LogP contribution is -2.23. The van der Waals surface area contributed by atoms with Crippen molar-refractivity contribution in [1.29, 1.82) is 0 Å². The molecular formula is C15H23ClN2. The van der Waals surface area contributed by atoms with Gasteiger partial charge in [-0.1, -0.05) is 37.1 Å². The molecule has 100 valence electrons. The molecule has 0 radical (unpaired) electrons. The van der Waals surface area contributed by atoms with E-state index in [9.17, 15) is 0 Å². The van der Waals surface area contributed by atoms with Crippen molar-refractivity contribution >= 4 is 17.3 Å². The van der Waals surface area contributed by atoms with Gasteiger partial charge in [-0.05, 0) is 30.9 Å². The molecule has 0 atom stereocenters. The maximum Gasteiger partial charge on any atom is 0.0642 e. The lowest BCUT2D eigenvalue weighted by molar-refractivity contribution is 0.683. The van der Waals surface area contributed by atoms with Crippen molar-refractivity contribution in [1.82, 2.24) is 5.32 Å². The van der Waals surface area contributed by atoms with Crippen LogP contribution in [0, 0.1) is 0 Å². The number of hydrogen-bond donors (Lipinski definition) is 1. The van der Waals surface area contributed by atoms with Crippen molar-refractivity contribution < 1.29 is 0 Å². The summed E-state index contributed by atoms with van der Waals surface area (Å²) in [5.74, 6) is 0. The third-order valence-corrected chi connectivity index (χ3v) is 3.76. The second kappa shape index (κ2) is 6.44. The third kappa shape index (κ3) is 3.63. The molecule has 0 aliphatic heterocycles. The molecule has 0 bridgehead atoms. The Labute approximate surface area is 115 Å². The van der Waals surface area contributed by atoms with E-state index in [0.717, 1.165) is 24.2 Å². The van der Waals surface area contributed by atoms with Crippen LogP contribution < -0.4 is 10.2 Å². The molecule has 2 rings (SSSR count). The number of anilines is 1. The second-order valence-electron chi connectivity index (χ2n) is 5.18. The zero-order valence-corrected chi connectivity index (χ0v) is 12.1. The summed E-state index contributed by atoms with van der Waals surface area (Å²) in [4.78, 5) is 2.29. The summed E-state index contributed by atoms with van der Waals surface area (Å²) in [6, 6.07) is 6.94. The molecule has 1 aliphatic carbocycles. The molecule has 1 aromatic carbocycles. The van der Waals surface area contributed by atoms with Gasteiger partial charge in [-0.2, -0.15) is 0 Å². The lowest BCUT2D eigenvalue weighted by atomic mass is 10.1. The Morgan fingerprint density at radius 3 is 2.83 bits per heavy atom. The van der Waals surface area contributed by atoms with Gasteiger partial charge in [0.1, 0.15) is 0 Å². The van der Waals surface area contributed by atoms with E-state index in [1.807, 2.05) is 12.1 Å². The van der Waals surface area contributed by atoms with Crippen LogP contribution in [0.2, 0.25) is 5.02 Å². The standard InChI is InChI=1S/C15H23ClN2/c1-3-4-10-18(2)15-12(6-5-7-14(15)16)11-17-13-8-9-13/h5-7,13,17H,3-4,8-11H2,1-2H3. The van der Waals surface area contributed by atoms with Crippen LogP contribution in [0.1, 0.15) is 38.2 Å². The van der Waals surface area contributed by atoms with E-state index in [0.29, 0.717) is 0 Å². The number of halogens is 1. The zero-order chi connectivity index (χ0) is 13.0. The number of nitrogens with zero attached hydrogens (tertiary/aromatic N) is 1. The van der Waals surface area contributed by atoms with E-state index in [4.69, 9.17) is 11.6 Å². The summed E-state index contributed by atoms with van der Waals surface area (Å²) in [5.41, 5.74) is 2.51. The highest BCUT2D eigenvalue weighted by atomic mass is 35.5. The van der Waals surface area contributed by atoms with Crippen LogP contribution in [0.15, 0.2) is 18.2 Å². The van der Waals surface area contributed by atoms with Crippen molar-refractivity contribution in [3.05, 3.63) is 28.8 Å². The van der Waals surface area contributed by atoms with Gasteiger partial charge in [0.15, 0.2) is 0 Å². The van der Waals surface area contributed by atoms with Crippen LogP contribution in [0.4, 0.5) is 5.69 Å². The molecule has 1 aromatic rings. The molecule has 1 fully saturated rings. The fourth-order valence-corrected chi connectivity index (χ4v) is 2.52. The summed E-state index contributed by atoms with van der Waals surface area (Å²) < 4.78 is 0. The molecule has 0 aromatic heterocycles. The Hall–Kier alpha value is -0.730. The highest BCUT2D eigenvalue weighted by molar-refractivity contribution is 6.33. The molecule has 1 saturated carbocycles. The quantitative estimate of drug-likeness (QED) is 0.807. The topological polar surface area (TPSA) is 15.3 Å². The second-order valence-corrected chi connectivity index (χ2v) is 5.59. The molecule has 0 unspecified atom stereocenters. The van der Waals surface area contributed by atoms with Crippen molar-refractivity contribution in [3.63, 3.8) is 0 Å². The van der Waals surface area contributed by atoms with E-state index in [1.165, 1.54) is 36.9 Å². The summed E-state index contributed by atoms with van der Waals surface area (Å²) in [5, 5.41) is 4.43. The smallest absolute Gasteiger partial charge is 0.0642 e. The minimum Gasteiger partial charge on any atom is -0.373 e. The van der Waals surface area contributed by atoms with Crippen LogP contribution in [0.5, 0.6) is 0 Å². The van der Waals surface area contributed by atoms with Crippen LogP contribution in [0.3, 0.4) is 0 Å². The van der Waals surface area contributed by atoms with Crippen LogP contribution >= 0.6 is 11.6 Å². The van der Waals surface area contributed by atoms with Gasteiger partial charge in [0.25, 0.3) is 0 Å². The van der Waals surface area contributed by atoms with Gasteiger partial charge in [0.2, 0.25) is 0 Å². The Balaban J connectivity index is 2.08. The fourth-order valence-electron chi connectivity index (χ4n) is 2.18. The van der Waals surface area contributed by atoms with E-state index in [-0.39, 0.29) is 0 Å². The Morgan fingerprint density at radius 2 is 2.17 bits per heavy atom. The minimum absolute atomic E-state index is 0.734. The number of para-hydroxylation sites is 1. The number of rotatable bonds is 7. The maximum absolute atomic E-state index is 6.36. The molecule has 3 heteroatoms. The SMILES string of the molecule is CCCCN(C)c1c(Cl)cccc1CNC1CC1. The number of hydrogen-bond acceptors (Lipinski definition) is 2. The van der Waals surface area contributed by atoms with Gasteiger partial charge >= 0.3 is 0 Å². The third-order valence-electron chi connectivity index (χ3n) is 3.46. The average molecular weight is 267 g/mol. The van der Waals surface area contributed by atoms with Crippen LogP contribution in [-0.2, 0) is 6.54 Å². The summed E-state index contributed by atoms with van der Waals surface area (Å²) in [7, 11) is 2.14. The van der Waals surface area contributed by atoms with Crippen molar-refractivity contribution in [2.75, 3.05) is 18.5 Å². The summed E-state index contributed by atoms with van der Waals surface area (Å²) in [6.45, 7) is 4.21. The molecule has 0 spiro atoms.